The molecule has 2 amide bonds. The highest BCUT2D eigenvalue weighted by Gasteiger charge is 2.12. The molecule has 19 heavy (non-hydrogen) atoms. The van der Waals surface area contributed by atoms with Crippen LogP contribution >= 0.6 is 27.7 Å². The molecule has 1 atom stereocenters. The lowest BCUT2D eigenvalue weighted by molar-refractivity contribution is -0.127. The van der Waals surface area contributed by atoms with Gasteiger partial charge in [-0.05, 0) is 12.0 Å². The summed E-state index contributed by atoms with van der Waals surface area (Å²) in [6.45, 7) is 1.89. The Morgan fingerprint density at radius 2 is 1.95 bits per heavy atom. The minimum Gasteiger partial charge on any atom is -0.272 e. The van der Waals surface area contributed by atoms with Gasteiger partial charge in [-0.25, -0.2) is 0 Å². The normalized spacial score (nSPS) is 11.7. The number of hydrogen-bond donors (Lipinski definition) is 2. The van der Waals surface area contributed by atoms with Crippen LogP contribution in [0.3, 0.4) is 0 Å². The van der Waals surface area contributed by atoms with Gasteiger partial charge >= 0.3 is 0 Å². The van der Waals surface area contributed by atoms with E-state index >= 15 is 0 Å². The van der Waals surface area contributed by atoms with Gasteiger partial charge in [-0.1, -0.05) is 53.2 Å². The summed E-state index contributed by atoms with van der Waals surface area (Å²) in [6.07, 6.45) is 0.671. The number of rotatable bonds is 6. The molecule has 0 aromatic heterocycles. The summed E-state index contributed by atoms with van der Waals surface area (Å²) in [7, 11) is 0. The van der Waals surface area contributed by atoms with Crippen LogP contribution in [0.1, 0.15) is 18.9 Å². The number of thioether (sulfide) groups is 1. The fraction of sp³-hybridized carbons (Fsp3) is 0.385. The molecular formula is C13H17BrN2O2S. The maximum atomic E-state index is 11.5. The van der Waals surface area contributed by atoms with Crippen molar-refractivity contribution in [3.8, 4) is 0 Å². The molecule has 0 heterocycles. The molecule has 1 aromatic carbocycles. The summed E-state index contributed by atoms with van der Waals surface area (Å²) >= 11 is 4.71. The van der Waals surface area contributed by atoms with Crippen LogP contribution in [-0.2, 0) is 15.3 Å². The van der Waals surface area contributed by atoms with Crippen LogP contribution in [0.5, 0.6) is 0 Å². The number of carbonyl (C=O) groups excluding carboxylic acids is 2. The Kier molecular flexibility index (Phi) is 7.59. The zero-order valence-electron chi connectivity index (χ0n) is 10.7. The number of amides is 2. The van der Waals surface area contributed by atoms with Crippen LogP contribution in [0.25, 0.3) is 0 Å². The molecular weight excluding hydrogens is 328 g/mol. The van der Waals surface area contributed by atoms with Crippen LogP contribution < -0.4 is 10.9 Å². The van der Waals surface area contributed by atoms with Crippen molar-refractivity contribution < 1.29 is 9.59 Å². The second-order valence-corrected chi connectivity index (χ2v) is 5.98. The maximum Gasteiger partial charge on any atom is 0.252 e. The predicted molar refractivity (Wildman–Crippen MR) is 81.9 cm³/mol. The molecule has 0 radical (unpaired) electrons. The van der Waals surface area contributed by atoms with Gasteiger partial charge in [0.05, 0.1) is 10.6 Å². The molecule has 0 unspecified atom stereocenters. The van der Waals surface area contributed by atoms with Crippen molar-refractivity contribution in [3.63, 3.8) is 0 Å². The van der Waals surface area contributed by atoms with Crippen LogP contribution in [-0.4, -0.2) is 22.4 Å². The number of alkyl halides is 1. The van der Waals surface area contributed by atoms with Crippen LogP contribution in [0.15, 0.2) is 30.3 Å². The first-order chi connectivity index (χ1) is 9.13. The highest BCUT2D eigenvalue weighted by molar-refractivity contribution is 9.10. The number of hydrazine groups is 1. The number of benzene rings is 1. The molecule has 4 nitrogen and oxygen atoms in total. The molecule has 6 heteroatoms. The fourth-order valence-electron chi connectivity index (χ4n) is 1.27. The monoisotopic (exact) mass is 344 g/mol. The third-order valence-corrected chi connectivity index (χ3v) is 4.38. The van der Waals surface area contributed by atoms with Gasteiger partial charge in [-0.3, -0.25) is 20.4 Å². The Morgan fingerprint density at radius 3 is 2.58 bits per heavy atom. The Hall–Kier alpha value is -1.01. The average molecular weight is 345 g/mol. The summed E-state index contributed by atoms with van der Waals surface area (Å²) in [6, 6.07) is 9.93. The van der Waals surface area contributed by atoms with Crippen LogP contribution in [0.2, 0.25) is 0 Å². The number of halogens is 1. The van der Waals surface area contributed by atoms with Gasteiger partial charge in [0.15, 0.2) is 0 Å². The van der Waals surface area contributed by atoms with E-state index < -0.39 is 0 Å². The predicted octanol–water partition coefficient (Wildman–Crippen LogP) is 2.24. The Labute approximate surface area is 125 Å². The molecule has 0 spiro atoms. The van der Waals surface area contributed by atoms with E-state index in [-0.39, 0.29) is 16.6 Å². The highest BCUT2D eigenvalue weighted by atomic mass is 79.9. The first-order valence-electron chi connectivity index (χ1n) is 5.98. The van der Waals surface area contributed by atoms with Gasteiger partial charge in [0.25, 0.3) is 5.91 Å². The molecule has 0 aliphatic heterocycles. The van der Waals surface area contributed by atoms with E-state index in [0.29, 0.717) is 12.2 Å². The number of nitrogens with one attached hydrogen (secondary N) is 2. The van der Waals surface area contributed by atoms with Gasteiger partial charge in [-0.2, -0.15) is 0 Å². The van der Waals surface area contributed by atoms with Gasteiger partial charge in [0, 0.05) is 5.75 Å². The second kappa shape index (κ2) is 8.98. The maximum absolute atomic E-state index is 11.5. The summed E-state index contributed by atoms with van der Waals surface area (Å²) in [4.78, 5) is 22.6. The summed E-state index contributed by atoms with van der Waals surface area (Å²) < 4.78 is 0. The van der Waals surface area contributed by atoms with E-state index in [0.717, 1.165) is 5.75 Å². The van der Waals surface area contributed by atoms with Crippen molar-refractivity contribution in [2.24, 2.45) is 0 Å². The molecule has 0 aliphatic rings. The Bertz CT molecular complexity index is 414. The Balaban J connectivity index is 2.16. The van der Waals surface area contributed by atoms with E-state index in [1.54, 1.807) is 0 Å². The quantitative estimate of drug-likeness (QED) is 0.614. The van der Waals surface area contributed by atoms with Crippen molar-refractivity contribution in [3.05, 3.63) is 35.9 Å². The van der Waals surface area contributed by atoms with Crippen molar-refractivity contribution in [1.82, 2.24) is 10.9 Å². The largest absolute Gasteiger partial charge is 0.272 e. The van der Waals surface area contributed by atoms with Crippen molar-refractivity contribution in [2.45, 2.75) is 23.9 Å². The molecule has 104 valence electrons. The smallest absolute Gasteiger partial charge is 0.252 e. The first-order valence-corrected chi connectivity index (χ1v) is 8.05. The van der Waals surface area contributed by atoms with Gasteiger partial charge < -0.3 is 0 Å². The SMILES string of the molecule is CC[C@H](Br)C(=O)NNC(=O)CSCc1ccccc1. The number of hydrogen-bond acceptors (Lipinski definition) is 3. The van der Waals surface area contributed by atoms with E-state index in [1.807, 2.05) is 37.3 Å². The minimum atomic E-state index is -0.273. The molecule has 0 bridgehead atoms. The van der Waals surface area contributed by atoms with Crippen molar-refractivity contribution >= 4 is 39.5 Å². The zero-order chi connectivity index (χ0) is 14.1. The average Bonchev–Trinajstić information content (AvgIpc) is 2.45. The third-order valence-electron chi connectivity index (χ3n) is 2.31. The molecule has 0 saturated heterocycles. The van der Waals surface area contributed by atoms with Crippen molar-refractivity contribution in [2.75, 3.05) is 5.75 Å². The van der Waals surface area contributed by atoms with Gasteiger partial charge in [-0.15, -0.1) is 11.8 Å². The molecule has 2 N–H and O–H groups in total. The van der Waals surface area contributed by atoms with Gasteiger partial charge in [0.1, 0.15) is 0 Å². The molecule has 0 aliphatic carbocycles. The Morgan fingerprint density at radius 1 is 1.26 bits per heavy atom. The minimum absolute atomic E-state index is 0.204. The second-order valence-electron chi connectivity index (χ2n) is 3.89. The zero-order valence-corrected chi connectivity index (χ0v) is 13.1. The lowest BCUT2D eigenvalue weighted by atomic mass is 10.2. The van der Waals surface area contributed by atoms with E-state index in [9.17, 15) is 9.59 Å². The summed E-state index contributed by atoms with van der Waals surface area (Å²) in [5.74, 6) is 0.654. The highest BCUT2D eigenvalue weighted by Crippen LogP contribution is 2.10. The van der Waals surface area contributed by atoms with E-state index in [4.69, 9.17) is 0 Å². The van der Waals surface area contributed by atoms with E-state index in [1.165, 1.54) is 17.3 Å². The lowest BCUT2D eigenvalue weighted by Crippen LogP contribution is -2.45. The van der Waals surface area contributed by atoms with Crippen molar-refractivity contribution in [1.29, 1.82) is 0 Å². The van der Waals surface area contributed by atoms with Crippen LogP contribution in [0, 0.1) is 0 Å². The lowest BCUT2D eigenvalue weighted by Gasteiger charge is -2.09. The fourth-order valence-corrected chi connectivity index (χ4v) is 2.17. The third kappa shape index (κ3) is 6.63. The summed E-state index contributed by atoms with van der Waals surface area (Å²) in [5.41, 5.74) is 5.95. The molecule has 0 fully saturated rings. The molecule has 0 saturated carbocycles. The summed E-state index contributed by atoms with van der Waals surface area (Å²) in [5, 5.41) is 0. The van der Waals surface area contributed by atoms with E-state index in [2.05, 4.69) is 26.8 Å². The number of carbonyl (C=O) groups is 2. The van der Waals surface area contributed by atoms with Crippen LogP contribution in [0.4, 0.5) is 0 Å². The molecule has 1 aromatic rings. The topological polar surface area (TPSA) is 58.2 Å². The first kappa shape index (κ1) is 16.0. The molecule has 1 rings (SSSR count). The van der Waals surface area contributed by atoms with Gasteiger partial charge in [0.2, 0.25) is 5.91 Å². The standard InChI is InChI=1S/C13H17BrN2O2S/c1-2-11(14)13(18)16-15-12(17)9-19-8-10-6-4-3-5-7-10/h3-7,11H,2,8-9H2,1H3,(H,15,17)(H,16,18)/t11-/m0/s1.